The highest BCUT2D eigenvalue weighted by Crippen LogP contribution is 2.24. The lowest BCUT2D eigenvalue weighted by Gasteiger charge is -1.99. The summed E-state index contributed by atoms with van der Waals surface area (Å²) in [5.41, 5.74) is 1.31. The molecular formula is C11H13ClS. The van der Waals surface area contributed by atoms with Gasteiger partial charge in [-0.25, -0.2) is 0 Å². The van der Waals surface area contributed by atoms with Crippen LogP contribution in [0.5, 0.6) is 0 Å². The number of hydrogen-bond acceptors (Lipinski definition) is 1. The number of benzene rings is 1. The molecule has 13 heavy (non-hydrogen) atoms. The molecule has 0 saturated carbocycles. The molecule has 0 aliphatic rings. The van der Waals surface area contributed by atoms with Crippen LogP contribution in [0.25, 0.3) is 0 Å². The van der Waals surface area contributed by atoms with E-state index >= 15 is 0 Å². The smallest absolute Gasteiger partial charge is 0.0697 e. The summed E-state index contributed by atoms with van der Waals surface area (Å²) in [7, 11) is 0. The van der Waals surface area contributed by atoms with E-state index in [-0.39, 0.29) is 0 Å². The summed E-state index contributed by atoms with van der Waals surface area (Å²) in [6, 6.07) is 10.4. The average molecular weight is 213 g/mol. The Hall–Kier alpha value is -0.400. The first-order valence-electron chi connectivity index (χ1n) is 4.35. The van der Waals surface area contributed by atoms with Crippen LogP contribution >= 0.6 is 23.4 Å². The van der Waals surface area contributed by atoms with Crippen LogP contribution in [0.3, 0.4) is 0 Å². The molecule has 0 aliphatic heterocycles. The molecule has 0 nitrogen and oxygen atoms in total. The van der Waals surface area contributed by atoms with Crippen molar-refractivity contribution in [2.45, 2.75) is 19.1 Å². The topological polar surface area (TPSA) is 0 Å². The van der Waals surface area contributed by atoms with Crippen molar-refractivity contribution in [1.29, 1.82) is 0 Å². The third kappa shape index (κ3) is 4.39. The highest BCUT2D eigenvalue weighted by Gasteiger charge is 1.94. The van der Waals surface area contributed by atoms with Gasteiger partial charge in [-0.2, -0.15) is 0 Å². The van der Waals surface area contributed by atoms with E-state index in [1.165, 1.54) is 5.56 Å². The monoisotopic (exact) mass is 212 g/mol. The Morgan fingerprint density at radius 2 is 2.08 bits per heavy atom. The Morgan fingerprint density at radius 3 is 2.69 bits per heavy atom. The zero-order valence-electron chi connectivity index (χ0n) is 7.66. The van der Waals surface area contributed by atoms with Crippen molar-refractivity contribution in [3.63, 3.8) is 0 Å². The molecule has 0 heterocycles. The zero-order chi connectivity index (χ0) is 9.52. The molecule has 1 aromatic carbocycles. The van der Waals surface area contributed by atoms with E-state index in [2.05, 4.69) is 19.1 Å². The zero-order valence-corrected chi connectivity index (χ0v) is 9.24. The predicted molar refractivity (Wildman–Crippen MR) is 62.0 cm³/mol. The lowest BCUT2D eigenvalue weighted by molar-refractivity contribution is 1.23. The normalized spacial score (nSPS) is 11.7. The Bertz CT molecular complexity index is 267. The lowest BCUT2D eigenvalue weighted by atomic mass is 10.2. The summed E-state index contributed by atoms with van der Waals surface area (Å²) < 4.78 is 0.895. The molecule has 0 atom stereocenters. The van der Waals surface area contributed by atoms with Gasteiger partial charge in [-0.15, -0.1) is 11.8 Å². The van der Waals surface area contributed by atoms with Crippen LogP contribution in [0.2, 0.25) is 0 Å². The van der Waals surface area contributed by atoms with Gasteiger partial charge in [-0.3, -0.25) is 0 Å². The largest absolute Gasteiger partial charge is 0.110 e. The Morgan fingerprint density at radius 1 is 1.38 bits per heavy atom. The molecule has 2 heteroatoms. The summed E-state index contributed by atoms with van der Waals surface area (Å²) in [6.07, 6.45) is 3.04. The van der Waals surface area contributed by atoms with E-state index in [1.807, 2.05) is 24.3 Å². The molecule has 0 aliphatic carbocycles. The maximum absolute atomic E-state index is 5.95. The van der Waals surface area contributed by atoms with Crippen molar-refractivity contribution < 1.29 is 0 Å². The summed E-state index contributed by atoms with van der Waals surface area (Å²) >= 11 is 7.64. The van der Waals surface area contributed by atoms with Gasteiger partial charge in [0, 0.05) is 5.75 Å². The average Bonchev–Trinajstić information content (AvgIpc) is 2.17. The molecule has 1 aromatic rings. The van der Waals surface area contributed by atoms with E-state index in [1.54, 1.807) is 11.8 Å². The second-order valence-electron chi connectivity index (χ2n) is 2.69. The van der Waals surface area contributed by atoms with Crippen molar-refractivity contribution >= 4 is 23.4 Å². The first kappa shape index (κ1) is 10.7. The molecule has 1 rings (SSSR count). The molecule has 0 spiro atoms. The van der Waals surface area contributed by atoms with Gasteiger partial charge < -0.3 is 0 Å². The Balaban J connectivity index is 2.39. The van der Waals surface area contributed by atoms with Gasteiger partial charge in [0.05, 0.1) is 4.36 Å². The summed E-state index contributed by atoms with van der Waals surface area (Å²) in [6.45, 7) is 2.09. The summed E-state index contributed by atoms with van der Waals surface area (Å²) in [5, 5.41) is 0. The second kappa shape index (κ2) is 6.11. The van der Waals surface area contributed by atoms with Gasteiger partial charge in [-0.05, 0) is 12.0 Å². The van der Waals surface area contributed by atoms with Crippen molar-refractivity contribution in [2.75, 3.05) is 0 Å². The van der Waals surface area contributed by atoms with Gasteiger partial charge in [0.15, 0.2) is 0 Å². The maximum atomic E-state index is 5.95. The van der Waals surface area contributed by atoms with Crippen LogP contribution in [0.15, 0.2) is 40.8 Å². The quantitative estimate of drug-likeness (QED) is 0.713. The number of hydrogen-bond donors (Lipinski definition) is 0. The van der Waals surface area contributed by atoms with E-state index in [0.717, 1.165) is 16.5 Å². The molecule has 0 N–H and O–H groups in total. The molecule has 70 valence electrons. The van der Waals surface area contributed by atoms with Crippen LogP contribution in [0.1, 0.15) is 18.9 Å². The number of allylic oxidation sites excluding steroid dienone is 1. The van der Waals surface area contributed by atoms with Crippen LogP contribution in [-0.2, 0) is 5.75 Å². The Kier molecular flexibility index (Phi) is 5.02. The van der Waals surface area contributed by atoms with Gasteiger partial charge >= 0.3 is 0 Å². The second-order valence-corrected chi connectivity index (χ2v) is 4.34. The molecule has 0 fully saturated rings. The van der Waals surface area contributed by atoms with Crippen LogP contribution in [0.4, 0.5) is 0 Å². The first-order valence-corrected chi connectivity index (χ1v) is 5.71. The fraction of sp³-hybridized carbons (Fsp3) is 0.273. The van der Waals surface area contributed by atoms with Crippen molar-refractivity contribution in [3.05, 3.63) is 46.3 Å². The van der Waals surface area contributed by atoms with Gasteiger partial charge in [-0.1, -0.05) is 54.9 Å². The van der Waals surface area contributed by atoms with Gasteiger partial charge in [0.1, 0.15) is 0 Å². The fourth-order valence-corrected chi connectivity index (χ4v) is 2.05. The minimum Gasteiger partial charge on any atom is -0.110 e. The number of thioether (sulfide) groups is 1. The summed E-state index contributed by atoms with van der Waals surface area (Å²) in [5.74, 6) is 0.955. The van der Waals surface area contributed by atoms with E-state index < -0.39 is 0 Å². The van der Waals surface area contributed by atoms with Crippen LogP contribution < -0.4 is 0 Å². The first-order chi connectivity index (χ1) is 6.33. The lowest BCUT2D eigenvalue weighted by Crippen LogP contribution is -1.77. The Labute approximate surface area is 89.0 Å². The fourth-order valence-electron chi connectivity index (χ4n) is 0.946. The van der Waals surface area contributed by atoms with Gasteiger partial charge in [0.25, 0.3) is 0 Å². The maximum Gasteiger partial charge on any atom is 0.0697 e. The number of rotatable bonds is 4. The van der Waals surface area contributed by atoms with Gasteiger partial charge in [0.2, 0.25) is 0 Å². The number of halogens is 1. The van der Waals surface area contributed by atoms with Crippen LogP contribution in [0, 0.1) is 0 Å². The SMILES string of the molecule is CC/C=C(\Cl)SCc1ccccc1. The standard InChI is InChI=1S/C11H13ClS/c1-2-6-11(12)13-9-10-7-4-3-5-8-10/h3-8H,2,9H2,1H3/b11-6+. The molecular weight excluding hydrogens is 200 g/mol. The van der Waals surface area contributed by atoms with E-state index in [0.29, 0.717) is 0 Å². The van der Waals surface area contributed by atoms with Crippen molar-refractivity contribution in [3.8, 4) is 0 Å². The molecule has 0 aromatic heterocycles. The predicted octanol–water partition coefficient (Wildman–Crippen LogP) is 4.41. The van der Waals surface area contributed by atoms with Crippen LogP contribution in [-0.4, -0.2) is 0 Å². The molecule has 0 unspecified atom stereocenters. The summed E-state index contributed by atoms with van der Waals surface area (Å²) in [4.78, 5) is 0. The molecule has 0 amide bonds. The minimum atomic E-state index is 0.895. The van der Waals surface area contributed by atoms with Crippen molar-refractivity contribution in [2.24, 2.45) is 0 Å². The third-order valence-electron chi connectivity index (χ3n) is 1.58. The molecule has 0 radical (unpaired) electrons. The van der Waals surface area contributed by atoms with E-state index in [9.17, 15) is 0 Å². The molecule has 0 bridgehead atoms. The van der Waals surface area contributed by atoms with Crippen molar-refractivity contribution in [1.82, 2.24) is 0 Å². The molecule has 0 saturated heterocycles. The highest BCUT2D eigenvalue weighted by atomic mass is 35.5. The minimum absolute atomic E-state index is 0.895. The van der Waals surface area contributed by atoms with E-state index in [4.69, 9.17) is 11.6 Å². The third-order valence-corrected chi connectivity index (χ3v) is 2.99. The highest BCUT2D eigenvalue weighted by molar-refractivity contribution is 8.03.